The first-order valence-corrected chi connectivity index (χ1v) is 8.43. The van der Waals surface area contributed by atoms with E-state index >= 15 is 0 Å². The van der Waals surface area contributed by atoms with Gasteiger partial charge in [0.25, 0.3) is 5.91 Å². The van der Waals surface area contributed by atoms with Crippen molar-refractivity contribution in [3.05, 3.63) is 47.3 Å². The van der Waals surface area contributed by atoms with Crippen LogP contribution in [0.4, 0.5) is 0 Å². The molecule has 24 heavy (non-hydrogen) atoms. The number of benzene rings is 1. The Balaban J connectivity index is 1.56. The van der Waals surface area contributed by atoms with Crippen molar-refractivity contribution in [2.75, 3.05) is 6.54 Å². The van der Waals surface area contributed by atoms with Crippen LogP contribution in [-0.2, 0) is 0 Å². The molecule has 124 valence electrons. The number of aromatic nitrogens is 4. The van der Waals surface area contributed by atoms with E-state index < -0.39 is 0 Å². The van der Waals surface area contributed by atoms with Crippen LogP contribution < -0.4 is 5.32 Å². The van der Waals surface area contributed by atoms with E-state index in [1.165, 1.54) is 19.2 Å². The minimum atomic E-state index is -0.0599. The first kappa shape index (κ1) is 15.1. The lowest BCUT2D eigenvalue weighted by atomic mass is 9.93. The molecule has 1 heterocycles. The number of hydrogen-bond donors (Lipinski definition) is 1. The third kappa shape index (κ3) is 2.52. The van der Waals surface area contributed by atoms with Gasteiger partial charge >= 0.3 is 0 Å². The Labute approximate surface area is 140 Å². The number of allylic oxidation sites excluding steroid dienone is 2. The van der Waals surface area contributed by atoms with Gasteiger partial charge in [0, 0.05) is 6.54 Å². The van der Waals surface area contributed by atoms with Crippen LogP contribution in [0.5, 0.6) is 0 Å². The third-order valence-corrected chi connectivity index (χ3v) is 5.47. The lowest BCUT2D eigenvalue weighted by Crippen LogP contribution is -2.31. The predicted octanol–water partition coefficient (Wildman–Crippen LogP) is 2.22. The Hall–Kier alpha value is -2.50. The molecule has 1 N–H and O–H groups in total. The Morgan fingerprint density at radius 1 is 1.29 bits per heavy atom. The van der Waals surface area contributed by atoms with Gasteiger partial charge in [-0.3, -0.25) is 4.79 Å². The summed E-state index contributed by atoms with van der Waals surface area (Å²) in [6.07, 6.45) is 8.60. The molecule has 0 radical (unpaired) electrons. The SMILES string of the molecule is Cc1ccc(C(=O)NC[C@H]2C[C@@H]3C=C[C@H]2C3)c(-n2cnnn2)c1C. The fraction of sp³-hybridized carbons (Fsp3) is 0.444. The maximum atomic E-state index is 12.8. The van der Waals surface area contributed by atoms with Gasteiger partial charge in [0.15, 0.2) is 0 Å². The van der Waals surface area contributed by atoms with Crippen molar-refractivity contribution in [1.29, 1.82) is 0 Å². The lowest BCUT2D eigenvalue weighted by molar-refractivity contribution is 0.0945. The quantitative estimate of drug-likeness (QED) is 0.876. The molecule has 4 rings (SSSR count). The number of rotatable bonds is 4. The Morgan fingerprint density at radius 2 is 2.17 bits per heavy atom. The molecule has 3 atom stereocenters. The fourth-order valence-electron chi connectivity index (χ4n) is 3.99. The third-order valence-electron chi connectivity index (χ3n) is 5.47. The van der Waals surface area contributed by atoms with Crippen molar-refractivity contribution in [3.63, 3.8) is 0 Å². The largest absolute Gasteiger partial charge is 0.352 e. The molecule has 1 aromatic carbocycles. The second kappa shape index (κ2) is 5.85. The zero-order valence-electron chi connectivity index (χ0n) is 13.9. The molecule has 0 saturated heterocycles. The smallest absolute Gasteiger partial charge is 0.253 e. The van der Waals surface area contributed by atoms with E-state index in [-0.39, 0.29) is 5.91 Å². The average molecular weight is 323 g/mol. The van der Waals surface area contributed by atoms with E-state index in [0.717, 1.165) is 29.3 Å². The van der Waals surface area contributed by atoms with Crippen molar-refractivity contribution in [3.8, 4) is 5.69 Å². The van der Waals surface area contributed by atoms with Crippen molar-refractivity contribution in [1.82, 2.24) is 25.5 Å². The number of carbonyl (C=O) groups is 1. The average Bonchev–Trinajstić information content (AvgIpc) is 3.32. The summed E-state index contributed by atoms with van der Waals surface area (Å²) in [4.78, 5) is 12.8. The molecule has 6 nitrogen and oxygen atoms in total. The van der Waals surface area contributed by atoms with Crippen LogP contribution in [-0.4, -0.2) is 32.7 Å². The molecule has 1 saturated carbocycles. The van der Waals surface area contributed by atoms with E-state index in [9.17, 15) is 4.79 Å². The molecule has 2 aliphatic carbocycles. The van der Waals surface area contributed by atoms with Crippen LogP contribution in [0.25, 0.3) is 5.69 Å². The van der Waals surface area contributed by atoms with Crippen LogP contribution in [0.3, 0.4) is 0 Å². The highest BCUT2D eigenvalue weighted by atomic mass is 16.1. The normalized spacial score (nSPS) is 24.5. The van der Waals surface area contributed by atoms with Crippen molar-refractivity contribution in [2.24, 2.45) is 17.8 Å². The molecule has 1 amide bonds. The minimum absolute atomic E-state index is 0.0599. The number of tetrazole rings is 1. The lowest BCUT2D eigenvalue weighted by Gasteiger charge is -2.19. The van der Waals surface area contributed by atoms with Crippen LogP contribution in [0, 0.1) is 31.6 Å². The Morgan fingerprint density at radius 3 is 2.83 bits per heavy atom. The molecule has 2 aromatic rings. The van der Waals surface area contributed by atoms with Crippen molar-refractivity contribution >= 4 is 5.91 Å². The molecule has 0 aliphatic heterocycles. The number of fused-ring (bicyclic) bond motifs is 2. The van der Waals surface area contributed by atoms with E-state index in [0.29, 0.717) is 17.4 Å². The summed E-state index contributed by atoms with van der Waals surface area (Å²) in [5.41, 5.74) is 3.49. The van der Waals surface area contributed by atoms with E-state index in [2.05, 4.69) is 33.0 Å². The summed E-state index contributed by atoms with van der Waals surface area (Å²) in [6, 6.07) is 3.83. The second-order valence-corrected chi connectivity index (χ2v) is 6.91. The maximum Gasteiger partial charge on any atom is 0.253 e. The second-order valence-electron chi connectivity index (χ2n) is 6.91. The Kier molecular flexibility index (Phi) is 3.67. The van der Waals surface area contributed by atoms with E-state index in [1.54, 1.807) is 4.68 Å². The molecule has 0 spiro atoms. The number of amides is 1. The van der Waals surface area contributed by atoms with Crippen LogP contribution >= 0.6 is 0 Å². The summed E-state index contributed by atoms with van der Waals surface area (Å²) < 4.78 is 1.57. The van der Waals surface area contributed by atoms with Gasteiger partial charge in [0.05, 0.1) is 11.3 Å². The monoisotopic (exact) mass is 323 g/mol. The number of hydrogen-bond acceptors (Lipinski definition) is 4. The molecule has 1 fully saturated rings. The van der Waals surface area contributed by atoms with Gasteiger partial charge in [-0.05, 0) is 72.1 Å². The zero-order valence-corrected chi connectivity index (χ0v) is 13.9. The highest BCUT2D eigenvalue weighted by Gasteiger charge is 2.35. The predicted molar refractivity (Wildman–Crippen MR) is 89.8 cm³/mol. The highest BCUT2D eigenvalue weighted by molar-refractivity contribution is 5.98. The van der Waals surface area contributed by atoms with Gasteiger partial charge in [-0.15, -0.1) is 5.10 Å². The van der Waals surface area contributed by atoms with Crippen molar-refractivity contribution < 1.29 is 4.79 Å². The number of carbonyl (C=O) groups excluding carboxylic acids is 1. The number of nitrogens with zero attached hydrogens (tertiary/aromatic N) is 4. The van der Waals surface area contributed by atoms with E-state index in [4.69, 9.17) is 0 Å². The van der Waals surface area contributed by atoms with Gasteiger partial charge in [-0.1, -0.05) is 18.2 Å². The maximum absolute atomic E-state index is 12.8. The van der Waals surface area contributed by atoms with Crippen molar-refractivity contribution in [2.45, 2.75) is 26.7 Å². The Bertz CT molecular complexity index is 796. The number of aryl methyl sites for hydroxylation is 1. The van der Waals surface area contributed by atoms with Gasteiger partial charge in [0.2, 0.25) is 0 Å². The molecular weight excluding hydrogens is 302 g/mol. The van der Waals surface area contributed by atoms with Gasteiger partial charge < -0.3 is 5.32 Å². The van der Waals surface area contributed by atoms with Crippen LogP contribution in [0.2, 0.25) is 0 Å². The minimum Gasteiger partial charge on any atom is -0.352 e. The van der Waals surface area contributed by atoms with Gasteiger partial charge in [0.1, 0.15) is 6.33 Å². The first-order chi connectivity index (χ1) is 11.6. The summed E-state index contributed by atoms with van der Waals surface area (Å²) in [5, 5.41) is 14.5. The molecule has 1 aromatic heterocycles. The van der Waals surface area contributed by atoms with Crippen LogP contribution in [0.15, 0.2) is 30.6 Å². The van der Waals surface area contributed by atoms with E-state index in [1.807, 2.05) is 26.0 Å². The first-order valence-electron chi connectivity index (χ1n) is 8.43. The summed E-state index contributed by atoms with van der Waals surface area (Å²) in [6.45, 7) is 4.74. The zero-order chi connectivity index (χ0) is 16.7. The number of nitrogens with one attached hydrogen (secondary N) is 1. The highest BCUT2D eigenvalue weighted by Crippen LogP contribution is 2.43. The van der Waals surface area contributed by atoms with Gasteiger partial charge in [-0.25, -0.2) is 0 Å². The topological polar surface area (TPSA) is 72.7 Å². The molecule has 6 heteroatoms. The molecular formula is C18H21N5O. The summed E-state index contributed by atoms with van der Waals surface area (Å²) in [5.74, 6) is 1.85. The summed E-state index contributed by atoms with van der Waals surface area (Å²) in [7, 11) is 0. The molecule has 0 unspecified atom stereocenters. The summed E-state index contributed by atoms with van der Waals surface area (Å²) >= 11 is 0. The molecule has 2 aliphatic rings. The van der Waals surface area contributed by atoms with Gasteiger partial charge in [-0.2, -0.15) is 4.68 Å². The standard InChI is InChI=1S/C18H21N5O/c1-11-3-6-16(17(12(11)2)23-10-20-21-22-23)18(24)19-9-15-8-13-4-5-14(15)7-13/h3-6,10,13-15H,7-9H2,1-2H3,(H,19,24)/t13-,14+,15-/m1/s1. The molecule has 2 bridgehead atoms. The fourth-order valence-corrected chi connectivity index (χ4v) is 3.99. The van der Waals surface area contributed by atoms with Crippen LogP contribution in [0.1, 0.15) is 34.3 Å².